The second-order valence-electron chi connectivity index (χ2n) is 5.80. The van der Waals surface area contributed by atoms with Crippen LogP contribution in [0.3, 0.4) is 0 Å². The average Bonchev–Trinajstić information content (AvgIpc) is 2.97. The summed E-state index contributed by atoms with van der Waals surface area (Å²) in [5.74, 6) is 0.742. The number of sulfone groups is 1. The molecule has 0 aliphatic carbocycles. The summed E-state index contributed by atoms with van der Waals surface area (Å²) < 4.78 is 24.7. The summed E-state index contributed by atoms with van der Waals surface area (Å²) in [6.07, 6.45) is 1.19. The Bertz CT molecular complexity index is 777. The van der Waals surface area contributed by atoms with Crippen LogP contribution in [0, 0.1) is 0 Å². The number of aromatic nitrogens is 4. The van der Waals surface area contributed by atoms with Crippen molar-refractivity contribution < 1.29 is 8.42 Å². The van der Waals surface area contributed by atoms with Gasteiger partial charge < -0.3 is 5.32 Å². The fraction of sp³-hybridized carbons (Fsp3) is 0.500. The van der Waals surface area contributed by atoms with Gasteiger partial charge in [-0.2, -0.15) is 4.68 Å². The van der Waals surface area contributed by atoms with Gasteiger partial charge in [0.2, 0.25) is 0 Å². The first-order chi connectivity index (χ1) is 10.9. The molecular weight excluding hydrogens is 352 g/mol. The van der Waals surface area contributed by atoms with E-state index in [1.807, 2.05) is 0 Å². The van der Waals surface area contributed by atoms with Crippen molar-refractivity contribution >= 4 is 22.2 Å². The molecule has 8 nitrogen and oxygen atoms in total. The van der Waals surface area contributed by atoms with Gasteiger partial charge in [0.25, 0.3) is 0 Å². The summed E-state index contributed by atoms with van der Waals surface area (Å²) in [4.78, 5) is 2.61. The SMILES string of the molecule is C[C@H]1CNCCN1Cc1nnnn1-c1ccc(S(C)(=O)=O)cc1.Cl. The van der Waals surface area contributed by atoms with Crippen LogP contribution < -0.4 is 5.32 Å². The van der Waals surface area contributed by atoms with Gasteiger partial charge in [-0.05, 0) is 41.6 Å². The Morgan fingerprint density at radius 1 is 1.29 bits per heavy atom. The Hall–Kier alpha value is -1.55. The first kappa shape index (κ1) is 18.8. The van der Waals surface area contributed by atoms with Crippen LogP contribution in [0.25, 0.3) is 5.69 Å². The Labute approximate surface area is 147 Å². The van der Waals surface area contributed by atoms with Crippen LogP contribution >= 0.6 is 12.4 Å². The fourth-order valence-electron chi connectivity index (χ4n) is 2.64. The second kappa shape index (κ2) is 7.56. The van der Waals surface area contributed by atoms with Gasteiger partial charge in [-0.1, -0.05) is 0 Å². The largest absolute Gasteiger partial charge is 0.314 e. The second-order valence-corrected chi connectivity index (χ2v) is 7.81. The number of halogens is 1. The highest BCUT2D eigenvalue weighted by Crippen LogP contribution is 2.15. The lowest BCUT2D eigenvalue weighted by Crippen LogP contribution is -2.49. The number of tetrazole rings is 1. The normalized spacial score (nSPS) is 19.0. The smallest absolute Gasteiger partial charge is 0.175 e. The number of rotatable bonds is 4. The molecule has 0 bridgehead atoms. The van der Waals surface area contributed by atoms with E-state index in [2.05, 4.69) is 32.7 Å². The zero-order chi connectivity index (χ0) is 16.4. The number of nitrogens with zero attached hydrogens (tertiary/aromatic N) is 5. The van der Waals surface area contributed by atoms with E-state index < -0.39 is 9.84 Å². The molecule has 1 aromatic heterocycles. The Kier molecular flexibility index (Phi) is 5.92. The van der Waals surface area contributed by atoms with E-state index in [0.29, 0.717) is 12.6 Å². The van der Waals surface area contributed by atoms with E-state index in [-0.39, 0.29) is 17.3 Å². The van der Waals surface area contributed by atoms with Crippen molar-refractivity contribution in [3.8, 4) is 5.69 Å². The molecular formula is C14H21ClN6O2S. The maximum absolute atomic E-state index is 11.5. The van der Waals surface area contributed by atoms with Gasteiger partial charge in [-0.3, -0.25) is 4.90 Å². The molecule has 2 heterocycles. The van der Waals surface area contributed by atoms with Gasteiger partial charge in [-0.25, -0.2) is 8.42 Å². The topological polar surface area (TPSA) is 93.0 Å². The van der Waals surface area contributed by atoms with E-state index in [1.165, 1.54) is 6.26 Å². The van der Waals surface area contributed by atoms with Crippen molar-refractivity contribution in [2.45, 2.75) is 24.4 Å². The molecule has 1 aliphatic rings. The Morgan fingerprint density at radius 3 is 2.62 bits per heavy atom. The molecule has 0 unspecified atom stereocenters. The molecule has 10 heteroatoms. The third-order valence-electron chi connectivity index (χ3n) is 4.03. The number of piperazine rings is 1. The predicted molar refractivity (Wildman–Crippen MR) is 92.3 cm³/mol. The van der Waals surface area contributed by atoms with Crippen LogP contribution in [-0.4, -0.2) is 65.5 Å². The standard InChI is InChI=1S/C14H20N6O2S.ClH/c1-11-9-15-7-8-19(11)10-14-16-17-18-20(14)12-3-5-13(6-4-12)23(2,21)22;/h3-6,11,15H,7-10H2,1-2H3;1H/t11-;/m0./s1. The highest BCUT2D eigenvalue weighted by Gasteiger charge is 2.21. The van der Waals surface area contributed by atoms with Gasteiger partial charge in [0, 0.05) is 31.9 Å². The van der Waals surface area contributed by atoms with Crippen molar-refractivity contribution in [2.75, 3.05) is 25.9 Å². The van der Waals surface area contributed by atoms with Gasteiger partial charge in [-0.15, -0.1) is 17.5 Å². The van der Waals surface area contributed by atoms with E-state index in [4.69, 9.17) is 0 Å². The van der Waals surface area contributed by atoms with Crippen molar-refractivity contribution in [1.82, 2.24) is 30.4 Å². The summed E-state index contributed by atoms with van der Waals surface area (Å²) in [6, 6.07) is 7.00. The number of hydrogen-bond acceptors (Lipinski definition) is 7. The van der Waals surface area contributed by atoms with E-state index >= 15 is 0 Å². The van der Waals surface area contributed by atoms with Gasteiger partial charge in [0.05, 0.1) is 17.1 Å². The Morgan fingerprint density at radius 2 is 2.00 bits per heavy atom. The van der Waals surface area contributed by atoms with Crippen LogP contribution in [0.2, 0.25) is 0 Å². The maximum atomic E-state index is 11.5. The summed E-state index contributed by atoms with van der Waals surface area (Å²) in [6.45, 7) is 5.67. The van der Waals surface area contributed by atoms with Crippen molar-refractivity contribution in [3.63, 3.8) is 0 Å². The summed E-state index contributed by atoms with van der Waals surface area (Å²) >= 11 is 0. The monoisotopic (exact) mass is 372 g/mol. The third kappa shape index (κ3) is 4.10. The minimum absolute atomic E-state index is 0. The fourth-order valence-corrected chi connectivity index (χ4v) is 3.27. The highest BCUT2D eigenvalue weighted by atomic mass is 35.5. The highest BCUT2D eigenvalue weighted by molar-refractivity contribution is 7.90. The molecule has 132 valence electrons. The summed E-state index contributed by atoms with van der Waals surface area (Å²) in [5, 5.41) is 15.3. The summed E-state index contributed by atoms with van der Waals surface area (Å²) in [5.41, 5.74) is 0.750. The molecule has 0 spiro atoms. The molecule has 0 saturated carbocycles. The molecule has 1 aliphatic heterocycles. The minimum Gasteiger partial charge on any atom is -0.314 e. The zero-order valence-electron chi connectivity index (χ0n) is 13.6. The lowest BCUT2D eigenvalue weighted by atomic mass is 10.2. The van der Waals surface area contributed by atoms with Crippen molar-refractivity contribution in [2.24, 2.45) is 0 Å². The van der Waals surface area contributed by atoms with Crippen LogP contribution in [0.4, 0.5) is 0 Å². The van der Waals surface area contributed by atoms with Gasteiger partial charge in [0.1, 0.15) is 0 Å². The number of hydrogen-bond donors (Lipinski definition) is 1. The maximum Gasteiger partial charge on any atom is 0.175 e. The molecule has 1 fully saturated rings. The number of benzene rings is 1. The van der Waals surface area contributed by atoms with E-state index in [9.17, 15) is 8.42 Å². The average molecular weight is 373 g/mol. The molecule has 1 N–H and O–H groups in total. The minimum atomic E-state index is -3.20. The van der Waals surface area contributed by atoms with Crippen LogP contribution in [0.15, 0.2) is 29.2 Å². The molecule has 1 saturated heterocycles. The molecule has 0 amide bonds. The van der Waals surface area contributed by atoms with Gasteiger partial charge in [0.15, 0.2) is 15.7 Å². The quantitative estimate of drug-likeness (QED) is 0.823. The van der Waals surface area contributed by atoms with E-state index in [0.717, 1.165) is 31.1 Å². The molecule has 24 heavy (non-hydrogen) atoms. The molecule has 3 rings (SSSR count). The lowest BCUT2D eigenvalue weighted by Gasteiger charge is -2.33. The number of nitrogens with one attached hydrogen (secondary N) is 1. The molecule has 1 atom stereocenters. The molecule has 0 radical (unpaired) electrons. The van der Waals surface area contributed by atoms with Crippen LogP contribution in [-0.2, 0) is 16.4 Å². The van der Waals surface area contributed by atoms with Gasteiger partial charge >= 0.3 is 0 Å². The summed E-state index contributed by atoms with van der Waals surface area (Å²) in [7, 11) is -3.20. The molecule has 2 aromatic rings. The van der Waals surface area contributed by atoms with E-state index in [1.54, 1.807) is 28.9 Å². The Balaban J connectivity index is 0.00000208. The molecule has 1 aromatic carbocycles. The first-order valence-corrected chi connectivity index (χ1v) is 9.37. The van der Waals surface area contributed by atoms with Crippen LogP contribution in [0.5, 0.6) is 0 Å². The lowest BCUT2D eigenvalue weighted by molar-refractivity contribution is 0.160. The van der Waals surface area contributed by atoms with Crippen molar-refractivity contribution in [3.05, 3.63) is 30.1 Å². The third-order valence-corrected chi connectivity index (χ3v) is 5.16. The van der Waals surface area contributed by atoms with Crippen molar-refractivity contribution in [1.29, 1.82) is 0 Å². The zero-order valence-corrected chi connectivity index (χ0v) is 15.2. The first-order valence-electron chi connectivity index (χ1n) is 7.47. The predicted octanol–water partition coefficient (Wildman–Crippen LogP) is 0.281. The van der Waals surface area contributed by atoms with Crippen LogP contribution in [0.1, 0.15) is 12.7 Å².